The molecule has 1 aromatic heterocycles. The molecule has 28 heavy (non-hydrogen) atoms. The maximum Gasteiger partial charge on any atom is 0.341 e. The van der Waals surface area contributed by atoms with Gasteiger partial charge in [0, 0.05) is 32.7 Å². The number of carbonyl (C=O) groups excluding carboxylic acids is 2. The minimum Gasteiger partial charge on any atom is -0.462 e. The van der Waals surface area contributed by atoms with Crippen LogP contribution in [0.5, 0.6) is 0 Å². The predicted molar refractivity (Wildman–Crippen MR) is 112 cm³/mol. The highest BCUT2D eigenvalue weighted by molar-refractivity contribution is 7.14. The van der Waals surface area contributed by atoms with Crippen LogP contribution in [0.1, 0.15) is 28.4 Å². The second-order valence-electron chi connectivity index (χ2n) is 6.91. The average Bonchev–Trinajstić information content (AvgIpc) is 3.13. The Hall–Kier alpha value is -2.22. The van der Waals surface area contributed by atoms with Gasteiger partial charge in [-0.15, -0.1) is 11.3 Å². The summed E-state index contributed by atoms with van der Waals surface area (Å²) < 4.78 is 5.03. The second-order valence-corrected chi connectivity index (χ2v) is 7.83. The molecule has 0 unspecified atom stereocenters. The average molecular weight is 402 g/mol. The first kappa shape index (κ1) is 20.5. The van der Waals surface area contributed by atoms with Gasteiger partial charge in [0.15, 0.2) is 0 Å². The Balaban J connectivity index is 1.46. The van der Waals surface area contributed by atoms with Gasteiger partial charge in [0.25, 0.3) is 0 Å². The molecule has 0 saturated carbocycles. The Labute approximate surface area is 170 Å². The number of nitrogens with zero attached hydrogens (tertiary/aromatic N) is 2. The van der Waals surface area contributed by atoms with Crippen molar-refractivity contribution in [3.05, 3.63) is 52.4 Å². The first-order valence-corrected chi connectivity index (χ1v) is 10.5. The van der Waals surface area contributed by atoms with E-state index in [4.69, 9.17) is 4.74 Å². The smallest absolute Gasteiger partial charge is 0.341 e. The molecule has 6 nitrogen and oxygen atoms in total. The zero-order valence-electron chi connectivity index (χ0n) is 16.4. The quantitative estimate of drug-likeness (QED) is 0.723. The minimum absolute atomic E-state index is 0.0969. The van der Waals surface area contributed by atoms with Crippen LogP contribution in [0.4, 0.5) is 5.00 Å². The molecular formula is C21H27N3O3S. The highest BCUT2D eigenvalue weighted by atomic mass is 32.1. The SMILES string of the molecule is CCOC(=O)c1ccsc1NC(=O)CN1CCN(Cc2ccccc2C)CC1. The summed E-state index contributed by atoms with van der Waals surface area (Å²) in [7, 11) is 0. The lowest BCUT2D eigenvalue weighted by atomic mass is 10.1. The molecule has 1 aromatic carbocycles. The molecule has 0 atom stereocenters. The summed E-state index contributed by atoms with van der Waals surface area (Å²) >= 11 is 1.34. The van der Waals surface area contributed by atoms with Gasteiger partial charge < -0.3 is 10.1 Å². The molecule has 0 aliphatic carbocycles. The number of ether oxygens (including phenoxy) is 1. The van der Waals surface area contributed by atoms with Crippen molar-refractivity contribution in [2.24, 2.45) is 0 Å². The van der Waals surface area contributed by atoms with E-state index in [0.29, 0.717) is 23.7 Å². The number of piperazine rings is 1. The monoisotopic (exact) mass is 401 g/mol. The van der Waals surface area contributed by atoms with Crippen molar-refractivity contribution in [2.45, 2.75) is 20.4 Å². The van der Waals surface area contributed by atoms with E-state index in [9.17, 15) is 9.59 Å². The third-order valence-corrected chi connectivity index (χ3v) is 5.73. The van der Waals surface area contributed by atoms with Crippen LogP contribution in [0.2, 0.25) is 0 Å². The van der Waals surface area contributed by atoms with E-state index in [1.165, 1.54) is 22.5 Å². The van der Waals surface area contributed by atoms with Gasteiger partial charge in [-0.25, -0.2) is 4.79 Å². The topological polar surface area (TPSA) is 61.9 Å². The third kappa shape index (κ3) is 5.41. The number of esters is 1. The lowest BCUT2D eigenvalue weighted by Gasteiger charge is -2.34. The molecule has 1 aliphatic heterocycles. The number of amides is 1. The van der Waals surface area contributed by atoms with Crippen LogP contribution in [0.3, 0.4) is 0 Å². The molecule has 150 valence electrons. The predicted octanol–water partition coefficient (Wildman–Crippen LogP) is 2.99. The van der Waals surface area contributed by atoms with E-state index in [0.717, 1.165) is 32.7 Å². The summed E-state index contributed by atoms with van der Waals surface area (Å²) in [6.45, 7) is 9.09. The maximum absolute atomic E-state index is 12.4. The van der Waals surface area contributed by atoms with E-state index in [1.807, 2.05) is 0 Å². The number of hydrogen-bond acceptors (Lipinski definition) is 6. The van der Waals surface area contributed by atoms with Gasteiger partial charge in [-0.1, -0.05) is 24.3 Å². The number of hydrogen-bond donors (Lipinski definition) is 1. The van der Waals surface area contributed by atoms with Crippen LogP contribution in [0, 0.1) is 6.92 Å². The Bertz CT molecular complexity index is 813. The van der Waals surface area contributed by atoms with Crippen LogP contribution in [-0.4, -0.2) is 61.0 Å². The number of nitrogens with one attached hydrogen (secondary N) is 1. The molecule has 3 rings (SSSR count). The fourth-order valence-corrected chi connectivity index (χ4v) is 4.07. The molecule has 2 heterocycles. The largest absolute Gasteiger partial charge is 0.462 e. The highest BCUT2D eigenvalue weighted by Gasteiger charge is 2.21. The molecule has 7 heteroatoms. The first-order valence-electron chi connectivity index (χ1n) is 9.60. The van der Waals surface area contributed by atoms with E-state index in [2.05, 4.69) is 46.3 Å². The fraction of sp³-hybridized carbons (Fsp3) is 0.429. The van der Waals surface area contributed by atoms with Crippen LogP contribution in [0.15, 0.2) is 35.7 Å². The second kappa shape index (κ2) is 9.82. The summed E-state index contributed by atoms with van der Waals surface area (Å²) in [4.78, 5) is 28.9. The summed E-state index contributed by atoms with van der Waals surface area (Å²) in [6.07, 6.45) is 0. The Morgan fingerprint density at radius 3 is 2.54 bits per heavy atom. The number of rotatable bonds is 7. The Morgan fingerprint density at radius 2 is 1.82 bits per heavy atom. The van der Waals surface area contributed by atoms with Gasteiger partial charge >= 0.3 is 5.97 Å². The molecule has 1 aliphatic rings. The number of anilines is 1. The third-order valence-electron chi connectivity index (χ3n) is 4.90. The fourth-order valence-electron chi connectivity index (χ4n) is 3.28. The molecule has 1 N–H and O–H groups in total. The summed E-state index contributed by atoms with van der Waals surface area (Å²) in [5.74, 6) is -0.496. The van der Waals surface area contributed by atoms with Crippen LogP contribution in [0.25, 0.3) is 0 Å². The van der Waals surface area contributed by atoms with Crippen LogP contribution < -0.4 is 5.32 Å². The molecular weight excluding hydrogens is 374 g/mol. The number of thiophene rings is 1. The van der Waals surface area contributed by atoms with Gasteiger partial charge in [0.1, 0.15) is 5.00 Å². The van der Waals surface area contributed by atoms with Crippen molar-refractivity contribution in [1.29, 1.82) is 0 Å². The Morgan fingerprint density at radius 1 is 1.11 bits per heavy atom. The van der Waals surface area contributed by atoms with Gasteiger partial charge in [0.05, 0.1) is 18.7 Å². The van der Waals surface area contributed by atoms with Gasteiger partial charge in [-0.3, -0.25) is 14.6 Å². The molecule has 1 fully saturated rings. The summed E-state index contributed by atoms with van der Waals surface area (Å²) in [6, 6.07) is 10.2. The molecule has 0 spiro atoms. The molecule has 0 radical (unpaired) electrons. The maximum atomic E-state index is 12.4. The van der Waals surface area contributed by atoms with E-state index >= 15 is 0 Å². The minimum atomic E-state index is -0.399. The van der Waals surface area contributed by atoms with Crippen molar-refractivity contribution in [1.82, 2.24) is 9.80 Å². The zero-order chi connectivity index (χ0) is 19.9. The normalized spacial score (nSPS) is 15.4. The van der Waals surface area contributed by atoms with Crippen molar-refractivity contribution < 1.29 is 14.3 Å². The van der Waals surface area contributed by atoms with Gasteiger partial charge in [-0.2, -0.15) is 0 Å². The van der Waals surface area contributed by atoms with Crippen molar-refractivity contribution in [3.63, 3.8) is 0 Å². The standard InChI is InChI=1S/C21H27N3O3S/c1-3-27-21(26)18-8-13-28-20(18)22-19(25)15-24-11-9-23(10-12-24)14-17-7-5-4-6-16(17)2/h4-8,13H,3,9-12,14-15H2,1-2H3,(H,22,25). The number of carbonyl (C=O) groups is 2. The molecule has 2 aromatic rings. The van der Waals surface area contributed by atoms with Crippen molar-refractivity contribution in [2.75, 3.05) is 44.6 Å². The van der Waals surface area contributed by atoms with Crippen LogP contribution >= 0.6 is 11.3 Å². The molecule has 1 amide bonds. The highest BCUT2D eigenvalue weighted by Crippen LogP contribution is 2.24. The lowest BCUT2D eigenvalue weighted by Crippen LogP contribution is -2.48. The van der Waals surface area contributed by atoms with Gasteiger partial charge in [0.2, 0.25) is 5.91 Å². The van der Waals surface area contributed by atoms with E-state index in [-0.39, 0.29) is 5.91 Å². The summed E-state index contributed by atoms with van der Waals surface area (Å²) in [5, 5.41) is 5.20. The molecule has 1 saturated heterocycles. The van der Waals surface area contributed by atoms with Gasteiger partial charge in [-0.05, 0) is 36.4 Å². The number of benzene rings is 1. The van der Waals surface area contributed by atoms with Crippen molar-refractivity contribution in [3.8, 4) is 0 Å². The number of aryl methyl sites for hydroxylation is 1. The van der Waals surface area contributed by atoms with E-state index < -0.39 is 5.97 Å². The van der Waals surface area contributed by atoms with E-state index in [1.54, 1.807) is 18.4 Å². The molecule has 0 bridgehead atoms. The Kier molecular flexibility index (Phi) is 7.19. The van der Waals surface area contributed by atoms with Crippen molar-refractivity contribution >= 4 is 28.2 Å². The van der Waals surface area contributed by atoms with Crippen LogP contribution in [-0.2, 0) is 16.1 Å². The first-order chi connectivity index (χ1) is 13.6. The zero-order valence-corrected chi connectivity index (χ0v) is 17.3. The lowest BCUT2D eigenvalue weighted by molar-refractivity contribution is -0.117. The summed E-state index contributed by atoms with van der Waals surface area (Å²) in [5.41, 5.74) is 3.10.